The molecule has 0 fully saturated rings. The van der Waals surface area contributed by atoms with Crippen molar-refractivity contribution in [2.75, 3.05) is 6.61 Å². The number of hydrogen-bond acceptors (Lipinski definition) is 1. The highest BCUT2D eigenvalue weighted by Crippen LogP contribution is 2.11. The van der Waals surface area contributed by atoms with Crippen LogP contribution in [0, 0.1) is 5.92 Å². The van der Waals surface area contributed by atoms with Gasteiger partial charge in [-0.1, -0.05) is 26.0 Å². The van der Waals surface area contributed by atoms with E-state index in [0.29, 0.717) is 5.92 Å². The second-order valence-corrected chi connectivity index (χ2v) is 2.64. The van der Waals surface area contributed by atoms with Crippen LogP contribution in [0.15, 0.2) is 25.5 Å². The van der Waals surface area contributed by atoms with Crippen molar-refractivity contribution in [2.45, 2.75) is 26.2 Å². The lowest BCUT2D eigenvalue weighted by Gasteiger charge is -2.12. The van der Waals surface area contributed by atoms with Crippen LogP contribution in [0.25, 0.3) is 0 Å². The Labute approximate surface area is 69.8 Å². The van der Waals surface area contributed by atoms with Crippen molar-refractivity contribution in [3.8, 4) is 0 Å². The summed E-state index contributed by atoms with van der Waals surface area (Å²) in [6.07, 6.45) is 6.89. The molecule has 0 amide bonds. The molecule has 0 aliphatic heterocycles. The fourth-order valence-corrected chi connectivity index (χ4v) is 0.963. The third-order valence-corrected chi connectivity index (χ3v) is 1.81. The molecule has 11 heavy (non-hydrogen) atoms. The summed E-state index contributed by atoms with van der Waals surface area (Å²) in [7, 11) is 0. The Kier molecular flexibility index (Phi) is 6.90. The van der Waals surface area contributed by atoms with Crippen molar-refractivity contribution in [3.63, 3.8) is 0 Å². The molecule has 0 radical (unpaired) electrons. The van der Waals surface area contributed by atoms with E-state index < -0.39 is 0 Å². The van der Waals surface area contributed by atoms with Crippen LogP contribution in [0.4, 0.5) is 0 Å². The average Bonchev–Trinajstić information content (AvgIpc) is 2.05. The highest BCUT2D eigenvalue weighted by atomic mass is 16.5. The zero-order valence-electron chi connectivity index (χ0n) is 7.38. The van der Waals surface area contributed by atoms with Gasteiger partial charge in [-0.2, -0.15) is 0 Å². The maximum Gasteiger partial charge on any atom is 0.0901 e. The lowest BCUT2D eigenvalue weighted by Crippen LogP contribution is -2.05. The van der Waals surface area contributed by atoms with Gasteiger partial charge in [-0.25, -0.2) is 0 Å². The topological polar surface area (TPSA) is 9.23 Å². The third-order valence-electron chi connectivity index (χ3n) is 1.81. The molecule has 0 N–H and O–H groups in total. The van der Waals surface area contributed by atoms with Crippen molar-refractivity contribution in [3.05, 3.63) is 25.5 Å². The van der Waals surface area contributed by atoms with Gasteiger partial charge in [-0.15, -0.1) is 6.58 Å². The van der Waals surface area contributed by atoms with Crippen LogP contribution in [-0.4, -0.2) is 6.61 Å². The molecule has 0 rings (SSSR count). The van der Waals surface area contributed by atoms with Crippen LogP contribution in [-0.2, 0) is 4.74 Å². The summed E-state index contributed by atoms with van der Waals surface area (Å²) in [4.78, 5) is 0. The van der Waals surface area contributed by atoms with E-state index in [1.807, 2.05) is 6.08 Å². The van der Waals surface area contributed by atoms with E-state index in [1.54, 1.807) is 0 Å². The van der Waals surface area contributed by atoms with Gasteiger partial charge in [0, 0.05) is 0 Å². The monoisotopic (exact) mass is 154 g/mol. The van der Waals surface area contributed by atoms with Gasteiger partial charge in [0.1, 0.15) is 0 Å². The lowest BCUT2D eigenvalue weighted by molar-refractivity contribution is 0.186. The summed E-state index contributed by atoms with van der Waals surface area (Å²) in [5.41, 5.74) is 0. The van der Waals surface area contributed by atoms with Crippen LogP contribution >= 0.6 is 0 Å². The summed E-state index contributed by atoms with van der Waals surface area (Å²) in [5, 5.41) is 0. The minimum atomic E-state index is 0.658. The van der Waals surface area contributed by atoms with Crippen LogP contribution in [0.5, 0.6) is 0 Å². The molecule has 0 spiro atoms. The molecular formula is C10H18O. The lowest BCUT2D eigenvalue weighted by atomic mass is 10.0. The highest BCUT2D eigenvalue weighted by Gasteiger charge is 2.03. The highest BCUT2D eigenvalue weighted by molar-refractivity contribution is 4.69. The minimum absolute atomic E-state index is 0.658. The van der Waals surface area contributed by atoms with Gasteiger partial charge < -0.3 is 4.74 Å². The van der Waals surface area contributed by atoms with Crippen molar-refractivity contribution < 1.29 is 4.74 Å². The van der Waals surface area contributed by atoms with E-state index in [4.69, 9.17) is 4.74 Å². The van der Waals surface area contributed by atoms with Gasteiger partial charge in [-0.3, -0.25) is 0 Å². The average molecular weight is 154 g/mol. The number of allylic oxidation sites excluding steroid dienone is 1. The van der Waals surface area contributed by atoms with Gasteiger partial charge in [-0.05, 0) is 18.8 Å². The van der Waals surface area contributed by atoms with Crippen LogP contribution in [0.1, 0.15) is 26.2 Å². The Bertz CT molecular complexity index is 95.4. The van der Waals surface area contributed by atoms with Crippen molar-refractivity contribution in [1.29, 1.82) is 0 Å². The Morgan fingerprint density at radius 3 is 2.64 bits per heavy atom. The first-order valence-electron chi connectivity index (χ1n) is 4.18. The molecule has 0 saturated heterocycles. The molecule has 0 heterocycles. The molecule has 1 heteroatoms. The molecule has 0 saturated carbocycles. The molecule has 0 aromatic heterocycles. The van der Waals surface area contributed by atoms with Gasteiger partial charge in [0.05, 0.1) is 12.9 Å². The van der Waals surface area contributed by atoms with E-state index in [9.17, 15) is 0 Å². The number of ether oxygens (including phenoxy) is 1. The molecule has 64 valence electrons. The first kappa shape index (κ1) is 10.3. The summed E-state index contributed by atoms with van der Waals surface area (Å²) in [5.74, 6) is 0.658. The molecule has 0 aliphatic rings. The fraction of sp³-hybridized carbons (Fsp3) is 0.600. The first-order chi connectivity index (χ1) is 5.35. The predicted octanol–water partition coefficient (Wildman–Crippen LogP) is 3.14. The maximum absolute atomic E-state index is 5.11. The zero-order valence-corrected chi connectivity index (χ0v) is 7.38. The Balaban J connectivity index is 3.39. The van der Waals surface area contributed by atoms with E-state index in [-0.39, 0.29) is 0 Å². The molecule has 0 aliphatic carbocycles. The van der Waals surface area contributed by atoms with E-state index in [2.05, 4.69) is 20.1 Å². The van der Waals surface area contributed by atoms with Crippen molar-refractivity contribution in [2.24, 2.45) is 5.92 Å². The molecule has 0 aromatic carbocycles. The Morgan fingerprint density at radius 1 is 1.45 bits per heavy atom. The van der Waals surface area contributed by atoms with Crippen LogP contribution < -0.4 is 0 Å². The van der Waals surface area contributed by atoms with Crippen molar-refractivity contribution in [1.82, 2.24) is 0 Å². The second kappa shape index (κ2) is 7.39. The van der Waals surface area contributed by atoms with Gasteiger partial charge in [0.2, 0.25) is 0 Å². The molecule has 0 aromatic rings. The molecule has 0 bridgehead atoms. The molecule has 1 atom stereocenters. The molecule has 1 unspecified atom stereocenters. The first-order valence-corrected chi connectivity index (χ1v) is 4.18. The number of rotatable bonds is 7. The van der Waals surface area contributed by atoms with Crippen LogP contribution in [0.3, 0.4) is 0 Å². The summed E-state index contributed by atoms with van der Waals surface area (Å²) in [6.45, 7) is 10.2. The van der Waals surface area contributed by atoms with Crippen LogP contribution in [0.2, 0.25) is 0 Å². The van der Waals surface area contributed by atoms with E-state index in [0.717, 1.165) is 13.0 Å². The summed E-state index contributed by atoms with van der Waals surface area (Å²) in [6, 6.07) is 0. The summed E-state index contributed by atoms with van der Waals surface area (Å²) >= 11 is 0. The standard InChI is InChI=1S/C10H18O/c1-4-7-8-10(5-2)9-11-6-3/h4,6,10H,1,3,5,7-9H2,2H3. The van der Waals surface area contributed by atoms with Crippen molar-refractivity contribution >= 4 is 0 Å². The zero-order chi connectivity index (χ0) is 8.53. The minimum Gasteiger partial charge on any atom is -0.502 e. The van der Waals surface area contributed by atoms with Gasteiger partial charge in [0.25, 0.3) is 0 Å². The third kappa shape index (κ3) is 5.71. The Hall–Kier alpha value is -0.720. The quantitative estimate of drug-likeness (QED) is 0.404. The van der Waals surface area contributed by atoms with E-state index >= 15 is 0 Å². The maximum atomic E-state index is 5.11. The van der Waals surface area contributed by atoms with Gasteiger partial charge >= 0.3 is 0 Å². The van der Waals surface area contributed by atoms with E-state index in [1.165, 1.54) is 19.1 Å². The Morgan fingerprint density at radius 2 is 2.18 bits per heavy atom. The number of hydrogen-bond donors (Lipinski definition) is 0. The summed E-state index contributed by atoms with van der Waals surface area (Å²) < 4.78 is 5.11. The smallest absolute Gasteiger partial charge is 0.0901 e. The molecular weight excluding hydrogens is 136 g/mol. The predicted molar refractivity (Wildman–Crippen MR) is 49.4 cm³/mol. The SMILES string of the molecule is C=CCCC(CC)COC=C. The largest absolute Gasteiger partial charge is 0.502 e. The van der Waals surface area contributed by atoms with Gasteiger partial charge in [0.15, 0.2) is 0 Å². The molecule has 1 nitrogen and oxygen atoms in total. The normalized spacial score (nSPS) is 12.1. The fourth-order valence-electron chi connectivity index (χ4n) is 0.963. The second-order valence-electron chi connectivity index (χ2n) is 2.64.